The van der Waals surface area contributed by atoms with E-state index in [0.29, 0.717) is 5.92 Å². The number of benzene rings is 1. The van der Waals surface area contributed by atoms with Gasteiger partial charge in [0.05, 0.1) is 0 Å². The third-order valence-electron chi connectivity index (χ3n) is 2.59. The fourth-order valence-corrected chi connectivity index (χ4v) is 1.75. The van der Waals surface area contributed by atoms with E-state index in [1.807, 2.05) is 24.3 Å². The molecule has 0 saturated carbocycles. The van der Waals surface area contributed by atoms with Crippen LogP contribution in [0.5, 0.6) is 0 Å². The van der Waals surface area contributed by atoms with E-state index in [0.717, 1.165) is 36.1 Å². The van der Waals surface area contributed by atoms with E-state index in [1.54, 1.807) is 7.05 Å². The Morgan fingerprint density at radius 1 is 1.32 bits per heavy atom. The Morgan fingerprint density at radius 3 is 2.63 bits per heavy atom. The highest BCUT2D eigenvalue weighted by molar-refractivity contribution is 14.0. The quantitative estimate of drug-likeness (QED) is 0.453. The van der Waals surface area contributed by atoms with Crippen molar-refractivity contribution in [2.75, 3.05) is 13.6 Å². The molecular weight excluding hydrogens is 373 g/mol. The summed E-state index contributed by atoms with van der Waals surface area (Å²) in [4.78, 5) is 4.18. The molecule has 19 heavy (non-hydrogen) atoms. The van der Waals surface area contributed by atoms with Crippen molar-refractivity contribution in [2.45, 2.75) is 26.8 Å². The Hall–Kier alpha value is -0.490. The largest absolute Gasteiger partial charge is 0.356 e. The van der Waals surface area contributed by atoms with Gasteiger partial charge < -0.3 is 10.6 Å². The molecule has 1 aromatic carbocycles. The molecule has 0 fully saturated rings. The molecule has 0 spiro atoms. The van der Waals surface area contributed by atoms with Crippen molar-refractivity contribution >= 4 is 41.5 Å². The van der Waals surface area contributed by atoms with Gasteiger partial charge in [-0.05, 0) is 30.0 Å². The predicted octanol–water partition coefficient (Wildman–Crippen LogP) is 3.67. The minimum absolute atomic E-state index is 0. The van der Waals surface area contributed by atoms with Crippen LogP contribution in [-0.4, -0.2) is 19.6 Å². The highest BCUT2D eigenvalue weighted by atomic mass is 127. The van der Waals surface area contributed by atoms with E-state index in [2.05, 4.69) is 29.5 Å². The number of hydrogen-bond donors (Lipinski definition) is 2. The molecule has 3 nitrogen and oxygen atoms in total. The molecule has 0 aromatic heterocycles. The maximum absolute atomic E-state index is 5.94. The van der Waals surface area contributed by atoms with Gasteiger partial charge in [0.15, 0.2) is 5.96 Å². The zero-order valence-electron chi connectivity index (χ0n) is 11.7. The third-order valence-corrected chi connectivity index (χ3v) is 2.82. The number of nitrogens with zero attached hydrogens (tertiary/aromatic N) is 1. The van der Waals surface area contributed by atoms with E-state index in [-0.39, 0.29) is 24.0 Å². The van der Waals surface area contributed by atoms with Gasteiger partial charge in [-0.2, -0.15) is 0 Å². The van der Waals surface area contributed by atoms with E-state index in [1.165, 1.54) is 0 Å². The van der Waals surface area contributed by atoms with Crippen LogP contribution in [-0.2, 0) is 6.54 Å². The lowest BCUT2D eigenvalue weighted by Gasteiger charge is -2.13. The first-order chi connectivity index (χ1) is 8.61. The van der Waals surface area contributed by atoms with E-state index in [4.69, 9.17) is 11.6 Å². The van der Waals surface area contributed by atoms with Crippen molar-refractivity contribution in [3.63, 3.8) is 0 Å². The highest BCUT2D eigenvalue weighted by Crippen LogP contribution is 2.10. The SMILES string of the molecule is CN=C(NCCC(C)C)NCc1cccc(Cl)c1.I. The molecule has 5 heteroatoms. The van der Waals surface area contributed by atoms with Crippen LogP contribution < -0.4 is 10.6 Å². The monoisotopic (exact) mass is 395 g/mol. The summed E-state index contributed by atoms with van der Waals surface area (Å²) in [5.74, 6) is 1.53. The van der Waals surface area contributed by atoms with Gasteiger partial charge in [0.1, 0.15) is 0 Å². The second-order valence-corrected chi connectivity index (χ2v) is 5.10. The van der Waals surface area contributed by atoms with Crippen molar-refractivity contribution in [3.05, 3.63) is 34.9 Å². The van der Waals surface area contributed by atoms with E-state index in [9.17, 15) is 0 Å². The first kappa shape index (κ1) is 18.5. The number of rotatable bonds is 5. The van der Waals surface area contributed by atoms with Crippen LogP contribution in [0.2, 0.25) is 5.02 Å². The summed E-state index contributed by atoms with van der Waals surface area (Å²) in [6, 6.07) is 7.82. The van der Waals surface area contributed by atoms with Crippen molar-refractivity contribution in [2.24, 2.45) is 10.9 Å². The Labute approximate surface area is 138 Å². The van der Waals surface area contributed by atoms with Crippen LogP contribution in [0.15, 0.2) is 29.3 Å². The smallest absolute Gasteiger partial charge is 0.191 e. The van der Waals surface area contributed by atoms with Gasteiger partial charge in [-0.15, -0.1) is 24.0 Å². The van der Waals surface area contributed by atoms with Crippen LogP contribution in [0.25, 0.3) is 0 Å². The van der Waals surface area contributed by atoms with Crippen molar-refractivity contribution < 1.29 is 0 Å². The maximum Gasteiger partial charge on any atom is 0.191 e. The fourth-order valence-electron chi connectivity index (χ4n) is 1.53. The minimum Gasteiger partial charge on any atom is -0.356 e. The Balaban J connectivity index is 0.00000324. The average molecular weight is 396 g/mol. The normalized spacial score (nSPS) is 11.1. The molecule has 0 aliphatic carbocycles. The number of hydrogen-bond acceptors (Lipinski definition) is 1. The molecule has 1 rings (SSSR count). The van der Waals surface area contributed by atoms with Gasteiger partial charge in [-0.25, -0.2) is 0 Å². The molecule has 0 heterocycles. The lowest BCUT2D eigenvalue weighted by atomic mass is 10.1. The lowest BCUT2D eigenvalue weighted by Crippen LogP contribution is -2.37. The molecule has 0 saturated heterocycles. The molecule has 0 aliphatic heterocycles. The van der Waals surface area contributed by atoms with Crippen LogP contribution in [0.3, 0.4) is 0 Å². The molecule has 0 aliphatic rings. The molecule has 2 N–H and O–H groups in total. The van der Waals surface area contributed by atoms with E-state index >= 15 is 0 Å². The van der Waals surface area contributed by atoms with Crippen LogP contribution >= 0.6 is 35.6 Å². The molecule has 108 valence electrons. The molecule has 0 amide bonds. The summed E-state index contributed by atoms with van der Waals surface area (Å²) in [5.41, 5.74) is 1.15. The molecular formula is C14H23ClIN3. The Bertz CT molecular complexity index is 394. The molecule has 1 aromatic rings. The molecule has 0 atom stereocenters. The van der Waals surface area contributed by atoms with Crippen LogP contribution in [0.4, 0.5) is 0 Å². The molecule has 0 unspecified atom stereocenters. The second-order valence-electron chi connectivity index (χ2n) is 4.66. The molecule has 0 radical (unpaired) electrons. The lowest BCUT2D eigenvalue weighted by molar-refractivity contribution is 0.573. The highest BCUT2D eigenvalue weighted by Gasteiger charge is 1.99. The summed E-state index contributed by atoms with van der Waals surface area (Å²) in [7, 11) is 1.78. The van der Waals surface area contributed by atoms with Crippen molar-refractivity contribution in [3.8, 4) is 0 Å². The van der Waals surface area contributed by atoms with Gasteiger partial charge in [-0.1, -0.05) is 37.6 Å². The van der Waals surface area contributed by atoms with Crippen LogP contribution in [0.1, 0.15) is 25.8 Å². The van der Waals surface area contributed by atoms with Crippen molar-refractivity contribution in [1.82, 2.24) is 10.6 Å². The summed E-state index contributed by atoms with van der Waals surface area (Å²) >= 11 is 5.94. The van der Waals surface area contributed by atoms with Gasteiger partial charge in [-0.3, -0.25) is 4.99 Å². The number of nitrogens with one attached hydrogen (secondary N) is 2. The first-order valence-corrected chi connectivity index (χ1v) is 6.68. The Morgan fingerprint density at radius 2 is 2.05 bits per heavy atom. The van der Waals surface area contributed by atoms with Crippen molar-refractivity contribution in [1.29, 1.82) is 0 Å². The maximum atomic E-state index is 5.94. The van der Waals surface area contributed by atoms with Gasteiger partial charge in [0, 0.05) is 25.2 Å². The standard InChI is InChI=1S/C14H22ClN3.HI/c1-11(2)7-8-17-14(16-3)18-10-12-5-4-6-13(15)9-12;/h4-6,9,11H,7-8,10H2,1-3H3,(H2,16,17,18);1H. The zero-order chi connectivity index (χ0) is 13.4. The summed E-state index contributed by atoms with van der Waals surface area (Å²) < 4.78 is 0. The number of guanidine groups is 1. The zero-order valence-corrected chi connectivity index (χ0v) is 14.8. The first-order valence-electron chi connectivity index (χ1n) is 6.30. The average Bonchev–Trinajstić information content (AvgIpc) is 2.33. The fraction of sp³-hybridized carbons (Fsp3) is 0.500. The molecule has 0 bridgehead atoms. The number of halogens is 2. The predicted molar refractivity (Wildman–Crippen MR) is 94.5 cm³/mol. The number of aliphatic imine (C=N–C) groups is 1. The summed E-state index contributed by atoms with van der Waals surface area (Å²) in [5, 5.41) is 7.32. The van der Waals surface area contributed by atoms with Gasteiger partial charge in [0.25, 0.3) is 0 Å². The topological polar surface area (TPSA) is 36.4 Å². The Kier molecular flexibility index (Phi) is 10.0. The van der Waals surface area contributed by atoms with Gasteiger partial charge in [0.2, 0.25) is 0 Å². The van der Waals surface area contributed by atoms with E-state index < -0.39 is 0 Å². The summed E-state index contributed by atoms with van der Waals surface area (Å²) in [6.07, 6.45) is 1.14. The second kappa shape index (κ2) is 10.3. The third kappa shape index (κ3) is 8.31. The minimum atomic E-state index is 0. The van der Waals surface area contributed by atoms with Gasteiger partial charge >= 0.3 is 0 Å². The van der Waals surface area contributed by atoms with Crippen LogP contribution in [0, 0.1) is 5.92 Å². The summed E-state index contributed by atoms with van der Waals surface area (Å²) in [6.45, 7) is 6.09.